The summed E-state index contributed by atoms with van der Waals surface area (Å²) in [7, 11) is -3.82. The standard InChI is InChI=1S/C13H10ClN3O2S/c1-9-6-7-10(14)8-13(9)20(18,19)17-12-5-3-2-4-11(12)15-16-17/h2-8H,1H3. The van der Waals surface area contributed by atoms with E-state index >= 15 is 0 Å². The molecule has 1 heterocycles. The zero-order chi connectivity index (χ0) is 14.3. The summed E-state index contributed by atoms with van der Waals surface area (Å²) < 4.78 is 26.3. The number of fused-ring (bicyclic) bond motifs is 1. The molecule has 1 aromatic heterocycles. The van der Waals surface area contributed by atoms with Crippen molar-refractivity contribution in [3.05, 3.63) is 53.1 Å². The first kappa shape index (κ1) is 13.1. The van der Waals surface area contributed by atoms with Gasteiger partial charge in [0.05, 0.1) is 4.90 Å². The van der Waals surface area contributed by atoms with Gasteiger partial charge in [0.2, 0.25) is 0 Å². The molecule has 0 saturated heterocycles. The number of benzene rings is 2. The first-order valence-electron chi connectivity index (χ1n) is 5.82. The summed E-state index contributed by atoms with van der Waals surface area (Å²) in [5.74, 6) is 0. The van der Waals surface area contributed by atoms with E-state index in [0.29, 0.717) is 21.6 Å². The summed E-state index contributed by atoms with van der Waals surface area (Å²) in [5.41, 5.74) is 1.57. The van der Waals surface area contributed by atoms with Crippen LogP contribution in [0.25, 0.3) is 11.0 Å². The molecule has 0 fully saturated rings. The van der Waals surface area contributed by atoms with Crippen molar-refractivity contribution in [1.82, 2.24) is 14.4 Å². The largest absolute Gasteiger partial charge is 0.285 e. The van der Waals surface area contributed by atoms with Crippen LogP contribution in [0.5, 0.6) is 0 Å². The Kier molecular flexibility index (Phi) is 2.99. The van der Waals surface area contributed by atoms with Crippen molar-refractivity contribution < 1.29 is 8.42 Å². The molecule has 0 atom stereocenters. The quantitative estimate of drug-likeness (QED) is 0.730. The van der Waals surface area contributed by atoms with Crippen molar-refractivity contribution in [2.24, 2.45) is 0 Å². The summed E-state index contributed by atoms with van der Waals surface area (Å²) in [6.45, 7) is 1.71. The van der Waals surface area contributed by atoms with Gasteiger partial charge < -0.3 is 0 Å². The molecule has 0 unspecified atom stereocenters. The zero-order valence-corrected chi connectivity index (χ0v) is 12.1. The molecule has 2 aromatic carbocycles. The fourth-order valence-electron chi connectivity index (χ4n) is 1.97. The predicted molar refractivity (Wildman–Crippen MR) is 76.3 cm³/mol. The van der Waals surface area contributed by atoms with E-state index in [0.717, 1.165) is 4.09 Å². The molecular formula is C13H10ClN3O2S. The maximum Gasteiger partial charge on any atom is 0.285 e. The van der Waals surface area contributed by atoms with Gasteiger partial charge in [0.1, 0.15) is 11.0 Å². The highest BCUT2D eigenvalue weighted by Gasteiger charge is 2.23. The molecule has 0 radical (unpaired) electrons. The van der Waals surface area contributed by atoms with E-state index in [4.69, 9.17) is 11.6 Å². The molecule has 20 heavy (non-hydrogen) atoms. The molecule has 0 aliphatic rings. The molecule has 0 N–H and O–H groups in total. The number of para-hydroxylation sites is 1. The number of hydrogen-bond donors (Lipinski definition) is 0. The first-order chi connectivity index (χ1) is 9.50. The lowest BCUT2D eigenvalue weighted by atomic mass is 10.2. The Labute approximate surface area is 120 Å². The Bertz CT molecular complexity index is 903. The second-order valence-electron chi connectivity index (χ2n) is 4.34. The number of halogens is 1. The molecule has 5 nitrogen and oxygen atoms in total. The van der Waals surface area contributed by atoms with Crippen molar-refractivity contribution in [2.75, 3.05) is 0 Å². The summed E-state index contributed by atoms with van der Waals surface area (Å²) in [6, 6.07) is 11.6. The average molecular weight is 308 g/mol. The molecule has 0 bridgehead atoms. The topological polar surface area (TPSA) is 64.8 Å². The summed E-state index contributed by atoms with van der Waals surface area (Å²) in [6.07, 6.45) is 0. The molecule has 102 valence electrons. The SMILES string of the molecule is Cc1ccc(Cl)cc1S(=O)(=O)n1nnc2ccccc21. The molecule has 0 aliphatic heterocycles. The highest BCUT2D eigenvalue weighted by Crippen LogP contribution is 2.24. The van der Waals surface area contributed by atoms with Crippen LogP contribution in [0.4, 0.5) is 0 Å². The van der Waals surface area contributed by atoms with Gasteiger partial charge in [-0.05, 0) is 36.8 Å². The lowest BCUT2D eigenvalue weighted by Gasteiger charge is -2.08. The predicted octanol–water partition coefficient (Wildman–Crippen LogP) is 2.63. The lowest BCUT2D eigenvalue weighted by Crippen LogP contribution is -2.15. The molecule has 0 spiro atoms. The summed E-state index contributed by atoms with van der Waals surface area (Å²) >= 11 is 5.89. The van der Waals surface area contributed by atoms with E-state index in [9.17, 15) is 8.42 Å². The van der Waals surface area contributed by atoms with Gasteiger partial charge in [-0.1, -0.05) is 35.0 Å². The van der Waals surface area contributed by atoms with Crippen molar-refractivity contribution >= 4 is 32.7 Å². The van der Waals surface area contributed by atoms with Gasteiger partial charge in [-0.3, -0.25) is 0 Å². The molecule has 3 aromatic rings. The zero-order valence-electron chi connectivity index (χ0n) is 10.5. The van der Waals surface area contributed by atoms with E-state index < -0.39 is 10.0 Å². The van der Waals surface area contributed by atoms with Crippen molar-refractivity contribution in [1.29, 1.82) is 0 Å². The minimum absolute atomic E-state index is 0.126. The second kappa shape index (κ2) is 4.57. The van der Waals surface area contributed by atoms with Crippen LogP contribution >= 0.6 is 11.6 Å². The number of aromatic nitrogens is 3. The number of hydrogen-bond acceptors (Lipinski definition) is 4. The van der Waals surface area contributed by atoms with E-state index in [1.165, 1.54) is 6.07 Å². The number of aryl methyl sites for hydroxylation is 1. The van der Waals surface area contributed by atoms with Gasteiger partial charge >= 0.3 is 0 Å². The van der Waals surface area contributed by atoms with Gasteiger partial charge in [0.25, 0.3) is 10.0 Å². The van der Waals surface area contributed by atoms with Crippen molar-refractivity contribution in [3.8, 4) is 0 Å². The Morgan fingerprint density at radius 1 is 1.15 bits per heavy atom. The van der Waals surface area contributed by atoms with E-state index in [-0.39, 0.29) is 4.90 Å². The number of rotatable bonds is 2. The van der Waals surface area contributed by atoms with Gasteiger partial charge in [-0.15, -0.1) is 9.19 Å². The summed E-state index contributed by atoms with van der Waals surface area (Å²) in [5, 5.41) is 7.97. The summed E-state index contributed by atoms with van der Waals surface area (Å²) in [4.78, 5) is 0.126. The van der Waals surface area contributed by atoms with Gasteiger partial charge in [0, 0.05) is 5.02 Å². The van der Waals surface area contributed by atoms with E-state index in [2.05, 4.69) is 10.3 Å². The third kappa shape index (κ3) is 1.97. The van der Waals surface area contributed by atoms with Crippen LogP contribution < -0.4 is 0 Å². The van der Waals surface area contributed by atoms with Gasteiger partial charge in [-0.25, -0.2) is 0 Å². The van der Waals surface area contributed by atoms with E-state index in [1.807, 2.05) is 0 Å². The molecular weight excluding hydrogens is 298 g/mol. The highest BCUT2D eigenvalue weighted by molar-refractivity contribution is 7.90. The highest BCUT2D eigenvalue weighted by atomic mass is 35.5. The smallest absolute Gasteiger partial charge is 0.199 e. The Hall–Kier alpha value is -1.92. The van der Waals surface area contributed by atoms with Crippen LogP contribution in [0.15, 0.2) is 47.4 Å². The maximum absolute atomic E-state index is 12.7. The van der Waals surface area contributed by atoms with Crippen LogP contribution in [-0.4, -0.2) is 22.8 Å². The van der Waals surface area contributed by atoms with Crippen LogP contribution in [0.3, 0.4) is 0 Å². The van der Waals surface area contributed by atoms with Crippen molar-refractivity contribution in [2.45, 2.75) is 11.8 Å². The van der Waals surface area contributed by atoms with Crippen LogP contribution in [0, 0.1) is 6.92 Å². The maximum atomic E-state index is 12.7. The van der Waals surface area contributed by atoms with Crippen LogP contribution in [0.2, 0.25) is 5.02 Å². The molecule has 0 saturated carbocycles. The second-order valence-corrected chi connectivity index (χ2v) is 6.51. The Balaban J connectivity index is 2.29. The van der Waals surface area contributed by atoms with Gasteiger partial charge in [0.15, 0.2) is 0 Å². The number of nitrogens with zero attached hydrogens (tertiary/aromatic N) is 3. The Morgan fingerprint density at radius 3 is 2.70 bits per heavy atom. The minimum Gasteiger partial charge on any atom is -0.199 e. The third-order valence-corrected chi connectivity index (χ3v) is 4.93. The minimum atomic E-state index is -3.82. The third-order valence-electron chi connectivity index (χ3n) is 2.98. The molecule has 3 rings (SSSR count). The van der Waals surface area contributed by atoms with Gasteiger partial charge in [-0.2, -0.15) is 8.42 Å². The average Bonchev–Trinajstić information content (AvgIpc) is 2.86. The van der Waals surface area contributed by atoms with Crippen LogP contribution in [-0.2, 0) is 10.0 Å². The van der Waals surface area contributed by atoms with Crippen molar-refractivity contribution in [3.63, 3.8) is 0 Å². The molecule has 7 heteroatoms. The van der Waals surface area contributed by atoms with Crippen LogP contribution in [0.1, 0.15) is 5.56 Å². The molecule has 0 amide bonds. The van der Waals surface area contributed by atoms with E-state index in [1.54, 1.807) is 43.3 Å². The fourth-order valence-corrected chi connectivity index (χ4v) is 3.69. The molecule has 0 aliphatic carbocycles. The fraction of sp³-hybridized carbons (Fsp3) is 0.0769. The monoisotopic (exact) mass is 307 g/mol. The first-order valence-corrected chi connectivity index (χ1v) is 7.64. The normalized spacial score (nSPS) is 11.9. The Morgan fingerprint density at radius 2 is 1.90 bits per heavy atom. The lowest BCUT2D eigenvalue weighted by molar-refractivity contribution is 0.579.